The molecule has 6 heteroatoms. The van der Waals surface area contributed by atoms with Crippen molar-refractivity contribution in [1.82, 2.24) is 9.91 Å². The van der Waals surface area contributed by atoms with Gasteiger partial charge in [-0.3, -0.25) is 9.69 Å². The molecule has 1 fully saturated rings. The lowest BCUT2D eigenvalue weighted by Gasteiger charge is -2.31. The molecule has 5 nitrogen and oxygen atoms in total. The second kappa shape index (κ2) is 9.19. The van der Waals surface area contributed by atoms with E-state index in [1.807, 2.05) is 48.5 Å². The van der Waals surface area contributed by atoms with Gasteiger partial charge in [0.15, 0.2) is 0 Å². The Morgan fingerprint density at radius 1 is 1.17 bits per heavy atom. The quantitative estimate of drug-likeness (QED) is 0.693. The molecule has 2 aromatic carbocycles. The van der Waals surface area contributed by atoms with Crippen molar-refractivity contribution in [2.75, 3.05) is 26.7 Å². The van der Waals surface area contributed by atoms with Crippen LogP contribution < -0.4 is 4.74 Å². The van der Waals surface area contributed by atoms with Crippen LogP contribution in [0.25, 0.3) is 0 Å². The first-order valence-electron chi connectivity index (χ1n) is 10.6. The molecule has 1 atom stereocenters. The van der Waals surface area contributed by atoms with E-state index in [0.717, 1.165) is 54.4 Å². The molecule has 2 aliphatic heterocycles. The van der Waals surface area contributed by atoms with Gasteiger partial charge >= 0.3 is 0 Å². The summed E-state index contributed by atoms with van der Waals surface area (Å²) in [7, 11) is 1.65. The minimum absolute atomic E-state index is 0.0439. The highest BCUT2D eigenvalue weighted by Gasteiger charge is 2.34. The zero-order valence-corrected chi connectivity index (χ0v) is 18.3. The van der Waals surface area contributed by atoms with Gasteiger partial charge in [-0.25, -0.2) is 5.01 Å². The number of hydrogen-bond acceptors (Lipinski definition) is 4. The molecular weight excluding hydrogens is 398 g/mol. The molecule has 1 saturated heterocycles. The van der Waals surface area contributed by atoms with Crippen LogP contribution in [-0.4, -0.2) is 48.3 Å². The molecule has 0 aliphatic carbocycles. The third-order valence-electron chi connectivity index (χ3n) is 6.06. The fourth-order valence-corrected chi connectivity index (χ4v) is 4.27. The van der Waals surface area contributed by atoms with E-state index in [4.69, 9.17) is 21.4 Å². The van der Waals surface area contributed by atoms with Gasteiger partial charge < -0.3 is 4.74 Å². The maximum absolute atomic E-state index is 13.3. The minimum Gasteiger partial charge on any atom is -0.497 e. The third-order valence-corrected chi connectivity index (χ3v) is 6.31. The fourth-order valence-electron chi connectivity index (χ4n) is 4.15. The number of benzene rings is 2. The Labute approximate surface area is 183 Å². The van der Waals surface area contributed by atoms with E-state index >= 15 is 0 Å². The number of rotatable bonds is 5. The first-order valence-corrected chi connectivity index (χ1v) is 10.9. The Bertz CT molecular complexity index is 920. The van der Waals surface area contributed by atoms with E-state index in [2.05, 4.69) is 11.8 Å². The number of hydrazone groups is 1. The molecule has 0 bridgehead atoms. The van der Waals surface area contributed by atoms with Gasteiger partial charge in [-0.15, -0.1) is 0 Å². The standard InChI is InChI=1S/C24H28ClN3O2/c1-17-10-12-27(13-11-17)16-24(29)28-23(18-6-8-20(25)9-7-18)15-22(26-28)19-4-3-5-21(14-19)30-2/h3-9,14,17,23H,10-13,15-16H2,1-2H3/t23-/m1/s1. The van der Waals surface area contributed by atoms with Crippen LogP contribution in [-0.2, 0) is 4.79 Å². The van der Waals surface area contributed by atoms with Crippen LogP contribution in [0.2, 0.25) is 5.02 Å². The normalized spacial score (nSPS) is 20.3. The van der Waals surface area contributed by atoms with Crippen LogP contribution in [0.15, 0.2) is 53.6 Å². The topological polar surface area (TPSA) is 45.1 Å². The van der Waals surface area contributed by atoms with Gasteiger partial charge in [-0.2, -0.15) is 5.10 Å². The van der Waals surface area contributed by atoms with Gasteiger partial charge in [0.2, 0.25) is 0 Å². The highest BCUT2D eigenvalue weighted by molar-refractivity contribution is 6.30. The van der Waals surface area contributed by atoms with Crippen LogP contribution in [0.3, 0.4) is 0 Å². The molecule has 0 N–H and O–H groups in total. The molecule has 0 saturated carbocycles. The lowest BCUT2D eigenvalue weighted by molar-refractivity contribution is -0.134. The largest absolute Gasteiger partial charge is 0.497 e. The maximum atomic E-state index is 13.3. The summed E-state index contributed by atoms with van der Waals surface area (Å²) >= 11 is 6.09. The molecular formula is C24H28ClN3O2. The molecule has 1 amide bonds. The van der Waals surface area contributed by atoms with E-state index in [-0.39, 0.29) is 11.9 Å². The van der Waals surface area contributed by atoms with E-state index in [1.54, 1.807) is 12.1 Å². The molecule has 4 rings (SSSR count). The molecule has 30 heavy (non-hydrogen) atoms. The molecule has 158 valence electrons. The third kappa shape index (κ3) is 4.68. The fraction of sp³-hybridized carbons (Fsp3) is 0.417. The maximum Gasteiger partial charge on any atom is 0.257 e. The number of nitrogens with zero attached hydrogens (tertiary/aromatic N) is 3. The Kier molecular flexibility index (Phi) is 6.40. The molecule has 0 radical (unpaired) electrons. The second-order valence-electron chi connectivity index (χ2n) is 8.25. The smallest absolute Gasteiger partial charge is 0.257 e. The summed E-state index contributed by atoms with van der Waals surface area (Å²) in [5.41, 5.74) is 2.92. The molecule has 0 spiro atoms. The van der Waals surface area contributed by atoms with Gasteiger partial charge in [0, 0.05) is 17.0 Å². The van der Waals surface area contributed by atoms with Crippen molar-refractivity contribution in [1.29, 1.82) is 0 Å². The summed E-state index contributed by atoms with van der Waals surface area (Å²) in [6, 6.07) is 15.4. The molecule has 2 heterocycles. The zero-order chi connectivity index (χ0) is 21.1. The van der Waals surface area contributed by atoms with Crippen LogP contribution >= 0.6 is 11.6 Å². The number of carbonyl (C=O) groups excluding carboxylic acids is 1. The molecule has 0 unspecified atom stereocenters. The van der Waals surface area contributed by atoms with E-state index in [0.29, 0.717) is 18.0 Å². The van der Waals surface area contributed by atoms with Gasteiger partial charge in [-0.1, -0.05) is 42.8 Å². The molecule has 2 aliphatic rings. The Morgan fingerprint density at radius 3 is 2.60 bits per heavy atom. The van der Waals surface area contributed by atoms with Crippen molar-refractivity contribution in [2.45, 2.75) is 32.2 Å². The van der Waals surface area contributed by atoms with Crippen molar-refractivity contribution in [2.24, 2.45) is 11.0 Å². The Hall–Kier alpha value is -2.37. The number of hydrogen-bond donors (Lipinski definition) is 0. The summed E-state index contributed by atoms with van der Waals surface area (Å²) < 4.78 is 5.37. The number of halogens is 1. The lowest BCUT2D eigenvalue weighted by Crippen LogP contribution is -2.41. The zero-order valence-electron chi connectivity index (χ0n) is 17.6. The monoisotopic (exact) mass is 425 g/mol. The summed E-state index contributed by atoms with van der Waals surface area (Å²) in [5, 5.41) is 7.14. The van der Waals surface area contributed by atoms with Gasteiger partial charge in [0.05, 0.1) is 25.4 Å². The predicted molar refractivity (Wildman–Crippen MR) is 120 cm³/mol. The van der Waals surface area contributed by atoms with E-state index in [9.17, 15) is 4.79 Å². The average Bonchev–Trinajstić information content (AvgIpc) is 3.21. The second-order valence-corrected chi connectivity index (χ2v) is 8.68. The van der Waals surface area contributed by atoms with Crippen LogP contribution in [0.4, 0.5) is 0 Å². The van der Waals surface area contributed by atoms with Gasteiger partial charge in [0.25, 0.3) is 5.91 Å². The van der Waals surface area contributed by atoms with Crippen LogP contribution in [0.1, 0.15) is 43.4 Å². The summed E-state index contributed by atoms with van der Waals surface area (Å²) in [4.78, 5) is 15.5. The number of piperidine rings is 1. The summed E-state index contributed by atoms with van der Waals surface area (Å²) in [6.45, 7) is 4.63. The van der Waals surface area contributed by atoms with E-state index in [1.165, 1.54) is 0 Å². The van der Waals surface area contributed by atoms with E-state index < -0.39 is 0 Å². The number of carbonyl (C=O) groups is 1. The molecule has 0 aromatic heterocycles. The summed E-state index contributed by atoms with van der Waals surface area (Å²) in [6.07, 6.45) is 2.95. The van der Waals surface area contributed by atoms with Gasteiger partial charge in [0.1, 0.15) is 5.75 Å². The van der Waals surface area contributed by atoms with Crippen molar-refractivity contribution in [3.8, 4) is 5.75 Å². The van der Waals surface area contributed by atoms with Crippen molar-refractivity contribution in [3.05, 3.63) is 64.7 Å². The van der Waals surface area contributed by atoms with Crippen LogP contribution in [0.5, 0.6) is 5.75 Å². The number of ether oxygens (including phenoxy) is 1. The SMILES string of the molecule is COc1cccc(C2=NN(C(=O)CN3CCC(C)CC3)[C@@H](c3ccc(Cl)cc3)C2)c1. The highest BCUT2D eigenvalue weighted by Crippen LogP contribution is 2.34. The minimum atomic E-state index is -0.125. The lowest BCUT2D eigenvalue weighted by atomic mass is 9.98. The Morgan fingerprint density at radius 2 is 1.90 bits per heavy atom. The van der Waals surface area contributed by atoms with Gasteiger partial charge in [-0.05, 0) is 61.7 Å². The first kappa shape index (κ1) is 20.9. The average molecular weight is 426 g/mol. The predicted octanol–water partition coefficient (Wildman–Crippen LogP) is 4.76. The molecule has 2 aromatic rings. The Balaban J connectivity index is 1.58. The number of amides is 1. The first-order chi connectivity index (χ1) is 14.5. The van der Waals surface area contributed by atoms with Crippen molar-refractivity contribution < 1.29 is 9.53 Å². The number of likely N-dealkylation sites (tertiary alicyclic amines) is 1. The number of methoxy groups -OCH3 is 1. The van der Waals surface area contributed by atoms with Crippen molar-refractivity contribution in [3.63, 3.8) is 0 Å². The highest BCUT2D eigenvalue weighted by atomic mass is 35.5. The summed E-state index contributed by atoms with van der Waals surface area (Å²) in [5.74, 6) is 1.57. The van der Waals surface area contributed by atoms with Crippen LogP contribution in [0, 0.1) is 5.92 Å². The van der Waals surface area contributed by atoms with Crippen molar-refractivity contribution >= 4 is 23.2 Å².